The molecule has 1 aromatic rings. The minimum Gasteiger partial charge on any atom is -0.318 e. The van der Waals surface area contributed by atoms with Crippen molar-refractivity contribution < 1.29 is 18.0 Å². The number of carbonyl (C=O) groups is 1. The summed E-state index contributed by atoms with van der Waals surface area (Å²) >= 11 is 8.70. The van der Waals surface area contributed by atoms with Crippen molar-refractivity contribution in [1.29, 1.82) is 0 Å². The predicted molar refractivity (Wildman–Crippen MR) is 53.8 cm³/mol. The van der Waals surface area contributed by atoms with Crippen molar-refractivity contribution in [3.05, 3.63) is 27.7 Å². The summed E-state index contributed by atoms with van der Waals surface area (Å²) in [5, 5.41) is 1.90. The van der Waals surface area contributed by atoms with E-state index in [4.69, 9.17) is 11.6 Å². The molecule has 0 aliphatic carbocycles. The molecule has 0 unspecified atom stereocenters. The fraction of sp³-hybridized carbons (Fsp3) is 0.125. The fourth-order valence-electron chi connectivity index (χ4n) is 0.776. The zero-order valence-electron chi connectivity index (χ0n) is 7.03. The average molecular weight is 302 g/mol. The molecular formula is C8H4BrClF3NO. The number of anilines is 1. The molecule has 0 heterocycles. The number of rotatable bonds is 1. The topological polar surface area (TPSA) is 29.1 Å². The fourth-order valence-corrected chi connectivity index (χ4v) is 1.20. The van der Waals surface area contributed by atoms with Gasteiger partial charge >= 0.3 is 12.1 Å². The molecule has 0 fully saturated rings. The lowest BCUT2D eigenvalue weighted by atomic mass is 10.3. The number of hydrogen-bond acceptors (Lipinski definition) is 1. The monoisotopic (exact) mass is 301 g/mol. The first-order valence-electron chi connectivity index (χ1n) is 3.64. The summed E-state index contributed by atoms with van der Waals surface area (Å²) in [6, 6.07) is 3.96. The molecule has 7 heteroatoms. The molecule has 0 aliphatic rings. The molecule has 0 bridgehead atoms. The van der Waals surface area contributed by atoms with Crippen molar-refractivity contribution in [1.82, 2.24) is 0 Å². The predicted octanol–water partition coefficient (Wildman–Crippen LogP) is 3.60. The maximum atomic E-state index is 11.9. The Labute approximate surface area is 96.5 Å². The van der Waals surface area contributed by atoms with E-state index in [9.17, 15) is 18.0 Å². The van der Waals surface area contributed by atoms with Crippen LogP contribution in [0.5, 0.6) is 0 Å². The molecular weight excluding hydrogens is 298 g/mol. The summed E-state index contributed by atoms with van der Waals surface area (Å²) in [6.07, 6.45) is -4.90. The molecule has 0 aliphatic heterocycles. The Morgan fingerprint density at radius 2 is 2.00 bits per heavy atom. The summed E-state index contributed by atoms with van der Waals surface area (Å²) < 4.78 is 36.1. The largest absolute Gasteiger partial charge is 0.471 e. The SMILES string of the molecule is O=C(Nc1ccc(Br)c(Cl)c1)C(F)(F)F. The molecule has 1 rings (SSSR count). The van der Waals surface area contributed by atoms with Crippen LogP contribution in [0, 0.1) is 0 Å². The van der Waals surface area contributed by atoms with Crippen LogP contribution >= 0.6 is 27.5 Å². The second-order valence-electron chi connectivity index (χ2n) is 2.58. The van der Waals surface area contributed by atoms with Gasteiger partial charge in [0.2, 0.25) is 0 Å². The van der Waals surface area contributed by atoms with E-state index >= 15 is 0 Å². The van der Waals surface area contributed by atoms with Crippen molar-refractivity contribution in [2.75, 3.05) is 5.32 Å². The molecule has 0 saturated heterocycles. The van der Waals surface area contributed by atoms with E-state index in [1.165, 1.54) is 18.2 Å². The molecule has 1 N–H and O–H groups in total. The van der Waals surface area contributed by atoms with Crippen LogP contribution in [0.1, 0.15) is 0 Å². The maximum absolute atomic E-state index is 11.9. The van der Waals surface area contributed by atoms with Gasteiger partial charge in [0.05, 0.1) is 5.02 Å². The highest BCUT2D eigenvalue weighted by Gasteiger charge is 2.38. The van der Waals surface area contributed by atoms with E-state index < -0.39 is 12.1 Å². The second kappa shape index (κ2) is 4.40. The van der Waals surface area contributed by atoms with Gasteiger partial charge in [0.25, 0.3) is 0 Å². The molecule has 0 saturated carbocycles. The van der Waals surface area contributed by atoms with E-state index in [1.54, 1.807) is 5.32 Å². The van der Waals surface area contributed by atoms with E-state index in [0.29, 0.717) is 4.47 Å². The zero-order chi connectivity index (χ0) is 11.6. The summed E-state index contributed by atoms with van der Waals surface area (Å²) in [5.74, 6) is -2.03. The lowest BCUT2D eigenvalue weighted by Crippen LogP contribution is -2.29. The first kappa shape index (κ1) is 12.3. The first-order valence-corrected chi connectivity index (χ1v) is 4.81. The third-order valence-electron chi connectivity index (χ3n) is 1.43. The molecule has 1 aromatic carbocycles. The van der Waals surface area contributed by atoms with Gasteiger partial charge in [0.15, 0.2) is 0 Å². The van der Waals surface area contributed by atoms with Crippen molar-refractivity contribution in [3.63, 3.8) is 0 Å². The van der Waals surface area contributed by atoms with E-state index in [1.807, 2.05) is 0 Å². The van der Waals surface area contributed by atoms with Crippen LogP contribution < -0.4 is 5.32 Å². The van der Waals surface area contributed by atoms with Crippen LogP contribution in [0.2, 0.25) is 5.02 Å². The third-order valence-corrected chi connectivity index (χ3v) is 2.67. The highest BCUT2D eigenvalue weighted by atomic mass is 79.9. The highest BCUT2D eigenvalue weighted by Crippen LogP contribution is 2.26. The normalized spacial score (nSPS) is 11.3. The third kappa shape index (κ3) is 3.39. The van der Waals surface area contributed by atoms with Gasteiger partial charge in [-0.1, -0.05) is 11.6 Å². The summed E-state index contributed by atoms with van der Waals surface area (Å²) in [7, 11) is 0. The molecule has 2 nitrogen and oxygen atoms in total. The van der Waals surface area contributed by atoms with Gasteiger partial charge in [0, 0.05) is 10.2 Å². The van der Waals surface area contributed by atoms with Crippen LogP contribution in [0.3, 0.4) is 0 Å². The van der Waals surface area contributed by atoms with Crippen molar-refractivity contribution in [2.45, 2.75) is 6.18 Å². The zero-order valence-corrected chi connectivity index (χ0v) is 9.37. The Morgan fingerprint density at radius 1 is 1.40 bits per heavy atom. The van der Waals surface area contributed by atoms with Crippen LogP contribution in [0.4, 0.5) is 18.9 Å². The Bertz CT molecular complexity index is 394. The minimum atomic E-state index is -4.90. The van der Waals surface area contributed by atoms with Crippen LogP contribution in [-0.4, -0.2) is 12.1 Å². The second-order valence-corrected chi connectivity index (χ2v) is 3.84. The Kier molecular flexibility index (Phi) is 3.62. The minimum absolute atomic E-state index is 0.00877. The van der Waals surface area contributed by atoms with Gasteiger partial charge in [0.1, 0.15) is 0 Å². The van der Waals surface area contributed by atoms with Gasteiger partial charge < -0.3 is 5.32 Å². The number of hydrogen-bond donors (Lipinski definition) is 1. The molecule has 82 valence electrons. The molecule has 1 amide bonds. The molecule has 0 radical (unpaired) electrons. The maximum Gasteiger partial charge on any atom is 0.471 e. The first-order chi connectivity index (χ1) is 6.80. The van der Waals surface area contributed by atoms with Crippen molar-refractivity contribution >= 4 is 39.1 Å². The quantitative estimate of drug-likeness (QED) is 0.843. The summed E-state index contributed by atoms with van der Waals surface area (Å²) in [6.45, 7) is 0. The van der Waals surface area contributed by atoms with Gasteiger partial charge in [-0.15, -0.1) is 0 Å². The average Bonchev–Trinajstić information content (AvgIpc) is 2.10. The molecule has 0 spiro atoms. The summed E-state index contributed by atoms with van der Waals surface area (Å²) in [5.41, 5.74) is -0.00877. The Morgan fingerprint density at radius 3 is 2.47 bits per heavy atom. The number of amides is 1. The standard InChI is InChI=1S/C8H4BrClF3NO/c9-5-2-1-4(3-6(5)10)14-7(15)8(11,12)13/h1-3H,(H,14,15). The van der Waals surface area contributed by atoms with Crippen molar-refractivity contribution in [2.24, 2.45) is 0 Å². The Hall–Kier alpha value is -0.750. The van der Waals surface area contributed by atoms with E-state index in [-0.39, 0.29) is 10.7 Å². The highest BCUT2D eigenvalue weighted by molar-refractivity contribution is 9.10. The van der Waals surface area contributed by atoms with Gasteiger partial charge in [-0.25, -0.2) is 0 Å². The number of carbonyl (C=O) groups excluding carboxylic acids is 1. The molecule has 15 heavy (non-hydrogen) atoms. The molecule has 0 aromatic heterocycles. The van der Waals surface area contributed by atoms with Crippen LogP contribution in [0.25, 0.3) is 0 Å². The smallest absolute Gasteiger partial charge is 0.318 e. The van der Waals surface area contributed by atoms with Crippen LogP contribution in [0.15, 0.2) is 22.7 Å². The lowest BCUT2D eigenvalue weighted by Gasteiger charge is -2.08. The number of benzene rings is 1. The van der Waals surface area contributed by atoms with E-state index in [0.717, 1.165) is 0 Å². The number of alkyl halides is 3. The van der Waals surface area contributed by atoms with Crippen LogP contribution in [-0.2, 0) is 4.79 Å². The van der Waals surface area contributed by atoms with Crippen molar-refractivity contribution in [3.8, 4) is 0 Å². The van der Waals surface area contributed by atoms with Gasteiger partial charge in [-0.3, -0.25) is 4.79 Å². The number of halogens is 5. The summed E-state index contributed by atoms with van der Waals surface area (Å²) in [4.78, 5) is 10.5. The van der Waals surface area contributed by atoms with Gasteiger partial charge in [-0.05, 0) is 34.1 Å². The lowest BCUT2D eigenvalue weighted by molar-refractivity contribution is -0.167. The number of nitrogens with one attached hydrogen (secondary N) is 1. The van der Waals surface area contributed by atoms with E-state index in [2.05, 4.69) is 15.9 Å². The molecule has 0 atom stereocenters. The Balaban J connectivity index is 2.83. The van der Waals surface area contributed by atoms with Gasteiger partial charge in [-0.2, -0.15) is 13.2 Å².